The van der Waals surface area contributed by atoms with E-state index in [0.29, 0.717) is 38.1 Å². The number of H-pyrrole nitrogens is 1. The number of halogens is 2. The molecule has 2 rings (SSSR count). The topological polar surface area (TPSA) is 45.8 Å². The second-order valence-electron chi connectivity index (χ2n) is 5.16. The molecule has 2 aromatic rings. The average molecular weight is 357 g/mol. The second kappa shape index (κ2) is 7.53. The Labute approximate surface area is 144 Å². The lowest BCUT2D eigenvalue weighted by Crippen LogP contribution is -2.17. The van der Waals surface area contributed by atoms with Crippen LogP contribution in [-0.2, 0) is 6.42 Å². The summed E-state index contributed by atoms with van der Waals surface area (Å²) >= 11 is 14.0. The molecule has 0 aliphatic heterocycles. The van der Waals surface area contributed by atoms with Crippen LogP contribution in [0.25, 0.3) is 0 Å². The highest BCUT2D eigenvalue weighted by atomic mass is 35.5. The van der Waals surface area contributed by atoms with Crippen molar-refractivity contribution in [2.75, 3.05) is 0 Å². The van der Waals surface area contributed by atoms with Gasteiger partial charge in [-0.2, -0.15) is 0 Å². The van der Waals surface area contributed by atoms with Crippen LogP contribution in [0.15, 0.2) is 28.2 Å². The van der Waals surface area contributed by atoms with Crippen LogP contribution in [0.4, 0.5) is 0 Å². The van der Waals surface area contributed by atoms with Crippen LogP contribution in [0.3, 0.4) is 0 Å². The minimum absolute atomic E-state index is 0.112. The van der Waals surface area contributed by atoms with E-state index in [2.05, 4.69) is 23.8 Å². The van der Waals surface area contributed by atoms with Gasteiger partial charge in [0.25, 0.3) is 5.56 Å². The van der Waals surface area contributed by atoms with Crippen LogP contribution in [-0.4, -0.2) is 15.2 Å². The summed E-state index contributed by atoms with van der Waals surface area (Å²) in [5.74, 6) is 0. The number of benzene rings is 1. The Balaban J connectivity index is 2.40. The zero-order valence-corrected chi connectivity index (χ0v) is 15.1. The first kappa shape index (κ1) is 17.4. The van der Waals surface area contributed by atoms with Gasteiger partial charge in [0.15, 0.2) is 5.16 Å². The van der Waals surface area contributed by atoms with Crippen molar-refractivity contribution in [3.05, 3.63) is 55.4 Å². The Hall–Kier alpha value is -0.970. The summed E-state index contributed by atoms with van der Waals surface area (Å²) in [7, 11) is 0. The van der Waals surface area contributed by atoms with Crippen LogP contribution in [0.5, 0.6) is 0 Å². The number of hydrogen-bond donors (Lipinski definition) is 1. The van der Waals surface area contributed by atoms with Crippen molar-refractivity contribution in [2.24, 2.45) is 0 Å². The monoisotopic (exact) mass is 356 g/mol. The lowest BCUT2D eigenvalue weighted by Gasteiger charge is -2.12. The quantitative estimate of drug-likeness (QED) is 0.614. The Bertz CT molecular complexity index is 710. The minimum atomic E-state index is -0.112. The fourth-order valence-corrected chi connectivity index (χ4v) is 3.32. The van der Waals surface area contributed by atoms with Crippen molar-refractivity contribution in [2.45, 2.75) is 44.0 Å². The van der Waals surface area contributed by atoms with Gasteiger partial charge in [-0.1, -0.05) is 54.9 Å². The molecule has 0 saturated carbocycles. The van der Waals surface area contributed by atoms with Crippen molar-refractivity contribution in [3.8, 4) is 0 Å². The third kappa shape index (κ3) is 4.06. The summed E-state index contributed by atoms with van der Waals surface area (Å²) in [6, 6.07) is 5.39. The van der Waals surface area contributed by atoms with E-state index in [-0.39, 0.29) is 5.56 Å². The zero-order chi connectivity index (χ0) is 16.3. The number of thioether (sulfide) groups is 1. The highest BCUT2D eigenvalue weighted by Gasteiger charge is 2.14. The largest absolute Gasteiger partial charge is 0.301 e. The van der Waals surface area contributed by atoms with Gasteiger partial charge >= 0.3 is 0 Å². The van der Waals surface area contributed by atoms with E-state index < -0.39 is 0 Å². The Morgan fingerprint density at radius 3 is 2.55 bits per heavy atom. The van der Waals surface area contributed by atoms with Gasteiger partial charge in [-0.25, -0.2) is 4.98 Å². The molecule has 1 atom stereocenters. The number of rotatable bonds is 5. The molecule has 0 spiro atoms. The zero-order valence-electron chi connectivity index (χ0n) is 12.7. The van der Waals surface area contributed by atoms with Crippen molar-refractivity contribution in [3.63, 3.8) is 0 Å². The normalized spacial score (nSPS) is 12.4. The average Bonchev–Trinajstić information content (AvgIpc) is 2.47. The van der Waals surface area contributed by atoms with Gasteiger partial charge < -0.3 is 4.98 Å². The fourth-order valence-electron chi connectivity index (χ4n) is 1.93. The van der Waals surface area contributed by atoms with Gasteiger partial charge in [0, 0.05) is 27.3 Å². The van der Waals surface area contributed by atoms with E-state index in [1.807, 2.05) is 0 Å². The third-order valence-corrected chi connectivity index (χ3v) is 5.38. The van der Waals surface area contributed by atoms with Gasteiger partial charge in [0.1, 0.15) is 0 Å². The van der Waals surface area contributed by atoms with Crippen molar-refractivity contribution in [1.29, 1.82) is 0 Å². The first-order valence-corrected chi connectivity index (χ1v) is 8.75. The van der Waals surface area contributed by atoms with Gasteiger partial charge in [-0.05, 0) is 31.0 Å². The third-order valence-electron chi connectivity index (χ3n) is 3.52. The summed E-state index contributed by atoms with van der Waals surface area (Å²) in [4.78, 5) is 19.5. The molecule has 22 heavy (non-hydrogen) atoms. The molecule has 0 aliphatic carbocycles. The van der Waals surface area contributed by atoms with Gasteiger partial charge in [-0.3, -0.25) is 4.79 Å². The van der Waals surface area contributed by atoms with Crippen LogP contribution in [0, 0.1) is 6.92 Å². The molecule has 0 radical (unpaired) electrons. The van der Waals surface area contributed by atoms with Crippen molar-refractivity contribution in [1.82, 2.24) is 9.97 Å². The molecule has 1 heterocycles. The molecule has 0 fully saturated rings. The summed E-state index contributed by atoms with van der Waals surface area (Å²) in [6.07, 6.45) is 1.45. The van der Waals surface area contributed by atoms with E-state index in [9.17, 15) is 4.79 Å². The van der Waals surface area contributed by atoms with Crippen molar-refractivity contribution < 1.29 is 0 Å². The molecule has 3 nitrogen and oxygen atoms in total. The number of nitrogens with zero attached hydrogens (tertiary/aromatic N) is 1. The number of nitrogens with one attached hydrogen (secondary N) is 1. The Kier molecular flexibility index (Phi) is 5.95. The van der Waals surface area contributed by atoms with Gasteiger partial charge in [0.05, 0.1) is 5.69 Å². The van der Waals surface area contributed by atoms with Gasteiger partial charge in [-0.15, -0.1) is 0 Å². The molecule has 0 amide bonds. The lowest BCUT2D eigenvalue weighted by molar-refractivity contribution is 0.840. The number of aromatic amines is 1. The van der Waals surface area contributed by atoms with Crippen LogP contribution in [0.2, 0.25) is 10.0 Å². The molecular weight excluding hydrogens is 339 g/mol. The Morgan fingerprint density at radius 1 is 1.32 bits per heavy atom. The Morgan fingerprint density at radius 2 is 1.95 bits per heavy atom. The molecule has 1 aromatic carbocycles. The maximum Gasteiger partial charge on any atom is 0.254 e. The summed E-state index contributed by atoms with van der Waals surface area (Å²) in [6.45, 7) is 5.98. The molecule has 1 unspecified atom stereocenters. The predicted molar refractivity (Wildman–Crippen MR) is 94.5 cm³/mol. The minimum Gasteiger partial charge on any atom is -0.301 e. The molecule has 0 saturated heterocycles. The van der Waals surface area contributed by atoms with E-state index in [1.165, 1.54) is 0 Å². The maximum atomic E-state index is 12.1. The SMILES string of the molecule is CCC(C)Sc1nc(Cc2c(Cl)cccc2Cl)c(C)c(=O)[nH]1. The summed E-state index contributed by atoms with van der Waals surface area (Å²) < 4.78 is 0. The standard InChI is InChI=1S/C16H18Cl2N2OS/c1-4-9(2)22-16-19-14(10(3)15(21)20-16)8-11-12(17)6-5-7-13(11)18/h5-7,9H,4,8H2,1-3H3,(H,19,20,21). The van der Waals surface area contributed by atoms with Crippen LogP contribution >= 0.6 is 35.0 Å². The smallest absolute Gasteiger partial charge is 0.254 e. The molecule has 0 aliphatic rings. The first-order valence-electron chi connectivity index (χ1n) is 7.11. The predicted octanol–water partition coefficient (Wildman–Crippen LogP) is 4.87. The van der Waals surface area contributed by atoms with E-state index in [4.69, 9.17) is 23.2 Å². The number of hydrogen-bond acceptors (Lipinski definition) is 3. The van der Waals surface area contributed by atoms with Gasteiger partial charge in [0.2, 0.25) is 0 Å². The highest BCUT2D eigenvalue weighted by molar-refractivity contribution is 7.99. The molecule has 0 bridgehead atoms. The van der Waals surface area contributed by atoms with E-state index in [1.54, 1.807) is 36.9 Å². The molecule has 1 aromatic heterocycles. The molecule has 1 N–H and O–H groups in total. The number of aromatic nitrogens is 2. The fraction of sp³-hybridized carbons (Fsp3) is 0.375. The highest BCUT2D eigenvalue weighted by Crippen LogP contribution is 2.28. The first-order chi connectivity index (χ1) is 10.4. The molecular formula is C16H18Cl2N2OS. The van der Waals surface area contributed by atoms with Crippen LogP contribution in [0.1, 0.15) is 37.1 Å². The van der Waals surface area contributed by atoms with Crippen LogP contribution < -0.4 is 5.56 Å². The van der Waals surface area contributed by atoms with E-state index in [0.717, 1.165) is 12.0 Å². The van der Waals surface area contributed by atoms with E-state index >= 15 is 0 Å². The summed E-state index contributed by atoms with van der Waals surface area (Å²) in [5, 5.41) is 2.21. The summed E-state index contributed by atoms with van der Waals surface area (Å²) in [5.41, 5.74) is 2.00. The maximum absolute atomic E-state index is 12.1. The molecule has 118 valence electrons. The molecule has 6 heteroatoms. The second-order valence-corrected chi connectivity index (χ2v) is 7.40. The lowest BCUT2D eigenvalue weighted by atomic mass is 10.1. The van der Waals surface area contributed by atoms with Crippen molar-refractivity contribution >= 4 is 35.0 Å².